The van der Waals surface area contributed by atoms with Gasteiger partial charge in [0.1, 0.15) is 11.7 Å². The monoisotopic (exact) mass is 488 g/mol. The van der Waals surface area contributed by atoms with E-state index in [4.69, 9.17) is 5.73 Å². The van der Waals surface area contributed by atoms with Crippen molar-refractivity contribution in [1.82, 2.24) is 9.88 Å². The molecular weight excluding hydrogens is 456 g/mol. The van der Waals surface area contributed by atoms with E-state index in [1.165, 1.54) is 0 Å². The number of H-pyrrole nitrogens is 1. The number of carbonyl (C=O) groups excluding carboxylic acids is 2. The summed E-state index contributed by atoms with van der Waals surface area (Å²) in [5.74, 6) is -0.875. The maximum absolute atomic E-state index is 13.7. The molecule has 1 saturated carbocycles. The highest BCUT2D eigenvalue weighted by Crippen LogP contribution is 2.38. The van der Waals surface area contributed by atoms with Crippen LogP contribution in [0.1, 0.15) is 54.1 Å². The van der Waals surface area contributed by atoms with E-state index in [-0.39, 0.29) is 29.3 Å². The number of likely N-dealkylation sites (tertiary alicyclic amines) is 1. The topological polar surface area (TPSA) is 129 Å². The quantitative estimate of drug-likeness (QED) is 0.418. The van der Waals surface area contributed by atoms with Crippen molar-refractivity contribution < 1.29 is 19.5 Å². The Hall–Kier alpha value is -3.65. The van der Waals surface area contributed by atoms with E-state index < -0.39 is 12.0 Å². The van der Waals surface area contributed by atoms with Crippen molar-refractivity contribution in [2.75, 3.05) is 18.4 Å². The fraction of sp³-hybridized carbons (Fsp3) is 0.393. The second-order valence-electron chi connectivity index (χ2n) is 10.0. The molecule has 0 bridgehead atoms. The molecule has 2 atom stereocenters. The third-order valence-electron chi connectivity index (χ3n) is 7.83. The van der Waals surface area contributed by atoms with Crippen LogP contribution in [0.5, 0.6) is 0 Å². The first-order chi connectivity index (χ1) is 17.4. The van der Waals surface area contributed by atoms with Gasteiger partial charge in [-0.3, -0.25) is 9.59 Å². The van der Waals surface area contributed by atoms with E-state index in [1.54, 1.807) is 29.2 Å². The summed E-state index contributed by atoms with van der Waals surface area (Å²) in [5, 5.41) is 13.0. The second-order valence-corrected chi connectivity index (χ2v) is 10.0. The molecule has 0 spiro atoms. The molecule has 2 fully saturated rings. The van der Waals surface area contributed by atoms with Crippen molar-refractivity contribution in [2.45, 2.75) is 44.1 Å². The molecule has 1 aliphatic heterocycles. The van der Waals surface area contributed by atoms with Gasteiger partial charge in [0.2, 0.25) is 11.8 Å². The van der Waals surface area contributed by atoms with Gasteiger partial charge in [-0.25, -0.2) is 4.79 Å². The van der Waals surface area contributed by atoms with Crippen LogP contribution >= 0.6 is 0 Å². The molecule has 3 aromatic rings. The lowest BCUT2D eigenvalue weighted by atomic mass is 9.81. The van der Waals surface area contributed by atoms with Crippen LogP contribution in [0.25, 0.3) is 10.9 Å². The first-order valence-corrected chi connectivity index (χ1v) is 12.7. The van der Waals surface area contributed by atoms with Crippen LogP contribution < -0.4 is 11.1 Å². The summed E-state index contributed by atoms with van der Waals surface area (Å²) in [6.45, 7) is 1.21. The zero-order chi connectivity index (χ0) is 25.2. The third-order valence-corrected chi connectivity index (χ3v) is 7.83. The van der Waals surface area contributed by atoms with Crippen molar-refractivity contribution in [2.24, 2.45) is 17.6 Å². The lowest BCUT2D eigenvalue weighted by Gasteiger charge is -2.33. The predicted octanol–water partition coefficient (Wildman–Crippen LogP) is 3.95. The van der Waals surface area contributed by atoms with E-state index in [1.807, 2.05) is 30.3 Å². The number of benzene rings is 2. The lowest BCUT2D eigenvalue weighted by Crippen LogP contribution is -2.48. The minimum absolute atomic E-state index is 0.0660. The van der Waals surface area contributed by atoms with Gasteiger partial charge in [0.05, 0.1) is 0 Å². The number of nitrogens with zero attached hydrogens (tertiary/aromatic N) is 1. The summed E-state index contributed by atoms with van der Waals surface area (Å²) < 4.78 is 0. The van der Waals surface area contributed by atoms with E-state index in [0.29, 0.717) is 35.6 Å². The predicted molar refractivity (Wildman–Crippen MR) is 138 cm³/mol. The molecule has 5 rings (SSSR count). The number of rotatable bonds is 6. The molecule has 1 saturated heterocycles. The number of anilines is 1. The molecule has 36 heavy (non-hydrogen) atoms. The summed E-state index contributed by atoms with van der Waals surface area (Å²) in [6.07, 6.45) is 4.27. The van der Waals surface area contributed by atoms with Crippen molar-refractivity contribution in [3.63, 3.8) is 0 Å². The van der Waals surface area contributed by atoms with Gasteiger partial charge in [0.25, 0.3) is 0 Å². The number of aromatic amines is 1. The number of fused-ring (bicyclic) bond motifs is 1. The molecule has 2 aromatic carbocycles. The zero-order valence-corrected chi connectivity index (χ0v) is 20.2. The van der Waals surface area contributed by atoms with E-state index in [2.05, 4.69) is 10.3 Å². The van der Waals surface area contributed by atoms with Crippen LogP contribution in [0.15, 0.2) is 54.6 Å². The number of carboxylic acid groups (broad SMARTS) is 1. The molecule has 1 aromatic heterocycles. The molecule has 5 N–H and O–H groups in total. The molecule has 1 unspecified atom stereocenters. The van der Waals surface area contributed by atoms with Gasteiger partial charge in [0.15, 0.2) is 0 Å². The Bertz CT molecular complexity index is 1260. The molecular formula is C28H32N4O4. The van der Waals surface area contributed by atoms with Crippen LogP contribution in [0.3, 0.4) is 0 Å². The first kappa shape index (κ1) is 24.1. The summed E-state index contributed by atoms with van der Waals surface area (Å²) in [6, 6.07) is 16.1. The fourth-order valence-corrected chi connectivity index (χ4v) is 5.83. The minimum atomic E-state index is -1.04. The maximum Gasteiger partial charge on any atom is 0.352 e. The van der Waals surface area contributed by atoms with Gasteiger partial charge >= 0.3 is 5.97 Å². The molecule has 188 valence electrons. The van der Waals surface area contributed by atoms with Crippen LogP contribution in [-0.4, -0.2) is 51.9 Å². The second kappa shape index (κ2) is 10.1. The SMILES string of the molecule is NCC1CCC(C(=O)N2CCC(c3ccccc3)[C@H]2C(=O)Nc2ccc3[nH]c(C(=O)O)cc3c2)CC1. The van der Waals surface area contributed by atoms with Gasteiger partial charge in [0, 0.05) is 35.0 Å². The number of amides is 2. The van der Waals surface area contributed by atoms with Crippen LogP contribution in [0, 0.1) is 11.8 Å². The molecule has 8 heteroatoms. The Labute approximate surface area is 209 Å². The molecule has 1 aliphatic carbocycles. The summed E-state index contributed by atoms with van der Waals surface area (Å²) in [4.78, 5) is 43.3. The van der Waals surface area contributed by atoms with Gasteiger partial charge in [-0.1, -0.05) is 30.3 Å². The van der Waals surface area contributed by atoms with Crippen molar-refractivity contribution in [3.05, 3.63) is 65.9 Å². The van der Waals surface area contributed by atoms with Crippen LogP contribution in [-0.2, 0) is 9.59 Å². The summed E-state index contributed by atoms with van der Waals surface area (Å²) >= 11 is 0. The smallest absolute Gasteiger partial charge is 0.352 e. The number of carboxylic acids is 1. The Balaban J connectivity index is 1.39. The van der Waals surface area contributed by atoms with E-state index in [9.17, 15) is 19.5 Å². The van der Waals surface area contributed by atoms with Gasteiger partial charge in [-0.2, -0.15) is 0 Å². The van der Waals surface area contributed by atoms with Gasteiger partial charge in [-0.15, -0.1) is 0 Å². The van der Waals surface area contributed by atoms with Gasteiger partial charge < -0.3 is 26.0 Å². The summed E-state index contributed by atoms with van der Waals surface area (Å²) in [5.41, 5.74) is 8.22. The molecule has 2 heterocycles. The normalized spacial score (nSPS) is 24.1. The molecule has 2 aliphatic rings. The van der Waals surface area contributed by atoms with Crippen molar-refractivity contribution in [3.8, 4) is 0 Å². The van der Waals surface area contributed by atoms with Crippen LogP contribution in [0.4, 0.5) is 5.69 Å². The maximum atomic E-state index is 13.7. The average molecular weight is 489 g/mol. The highest BCUT2D eigenvalue weighted by atomic mass is 16.4. The lowest BCUT2D eigenvalue weighted by molar-refractivity contribution is -0.141. The highest BCUT2D eigenvalue weighted by Gasteiger charge is 2.44. The first-order valence-electron chi connectivity index (χ1n) is 12.7. The third kappa shape index (κ3) is 4.73. The van der Waals surface area contributed by atoms with Crippen LogP contribution in [0.2, 0.25) is 0 Å². The number of nitrogens with one attached hydrogen (secondary N) is 2. The number of hydrogen-bond donors (Lipinski definition) is 4. The molecule has 0 radical (unpaired) electrons. The Kier molecular flexibility index (Phi) is 6.78. The number of carbonyl (C=O) groups is 3. The van der Waals surface area contributed by atoms with Gasteiger partial charge in [-0.05, 0) is 74.4 Å². The highest BCUT2D eigenvalue weighted by molar-refractivity contribution is 6.01. The zero-order valence-electron chi connectivity index (χ0n) is 20.2. The Morgan fingerprint density at radius 2 is 1.75 bits per heavy atom. The standard InChI is InChI=1S/C28H32N4O4/c29-16-17-6-8-19(9-7-17)27(34)32-13-12-22(18-4-2-1-3-5-18)25(32)26(33)30-21-10-11-23-20(14-21)15-24(31-23)28(35)36/h1-5,10-11,14-15,17,19,22,25,31H,6-9,12-13,16,29H2,(H,30,33)(H,35,36)/t17?,19?,22?,25-/m0/s1. The van der Waals surface area contributed by atoms with E-state index in [0.717, 1.165) is 37.7 Å². The van der Waals surface area contributed by atoms with E-state index >= 15 is 0 Å². The average Bonchev–Trinajstić information content (AvgIpc) is 3.54. The minimum Gasteiger partial charge on any atom is -0.477 e. The largest absolute Gasteiger partial charge is 0.477 e. The van der Waals surface area contributed by atoms with Crippen molar-refractivity contribution in [1.29, 1.82) is 0 Å². The number of aromatic nitrogens is 1. The molecule has 2 amide bonds. The summed E-state index contributed by atoms with van der Waals surface area (Å²) in [7, 11) is 0. The number of hydrogen-bond acceptors (Lipinski definition) is 4. The van der Waals surface area contributed by atoms with Crippen molar-refractivity contribution >= 4 is 34.4 Å². The Morgan fingerprint density at radius 1 is 1.00 bits per heavy atom. The Morgan fingerprint density at radius 3 is 2.44 bits per heavy atom. The number of aromatic carboxylic acids is 1. The fourth-order valence-electron chi connectivity index (χ4n) is 5.83. The number of nitrogens with two attached hydrogens (primary N) is 1. The molecule has 8 nitrogen and oxygen atoms in total.